The first-order valence-electron chi connectivity index (χ1n) is 12.1. The molecule has 0 radical (unpaired) electrons. The molecule has 0 saturated heterocycles. The molecule has 0 aliphatic heterocycles. The van der Waals surface area contributed by atoms with Crippen molar-refractivity contribution in [3.63, 3.8) is 0 Å². The molecule has 10 heteroatoms. The number of aryl methyl sites for hydroxylation is 1. The van der Waals surface area contributed by atoms with Gasteiger partial charge in [0.25, 0.3) is 5.91 Å². The molecule has 10 nitrogen and oxygen atoms in total. The minimum Gasteiger partial charge on any atom is -0.397 e. The summed E-state index contributed by atoms with van der Waals surface area (Å²) < 4.78 is 5.35. The van der Waals surface area contributed by atoms with Gasteiger partial charge in [0.15, 0.2) is 5.82 Å². The minimum absolute atomic E-state index is 0.212. The second-order valence-corrected chi connectivity index (χ2v) is 10.4. The van der Waals surface area contributed by atoms with Crippen LogP contribution >= 0.6 is 0 Å². The molecule has 2 aromatic heterocycles. The zero-order valence-corrected chi connectivity index (χ0v) is 22.7. The van der Waals surface area contributed by atoms with Crippen LogP contribution in [0, 0.1) is 6.92 Å². The number of carbonyl (C=O) groups excluding carboxylic acids is 1. The monoisotopic (exact) mass is 506 g/mol. The standard InChI is InChI=1S/C27H38N8O2/c1-18-8-9-19(26(36)31-25-14-24(37-32-25)27(2,3)4)13-23(18)35(29)17-22(28)20-12-21(16-30-15-20)34(7)11-10-33(5)6/h8-9,12-17H,10-11,28-29H2,1-7H3,(H,31,32,36)/b22-17-. The Hall–Kier alpha value is -3.89. The van der Waals surface area contributed by atoms with Gasteiger partial charge in [-0.3, -0.25) is 14.8 Å². The zero-order chi connectivity index (χ0) is 27.3. The van der Waals surface area contributed by atoms with Gasteiger partial charge < -0.3 is 25.4 Å². The largest absolute Gasteiger partial charge is 0.397 e. The maximum absolute atomic E-state index is 12.9. The van der Waals surface area contributed by atoms with Crippen LogP contribution < -0.4 is 26.8 Å². The summed E-state index contributed by atoms with van der Waals surface area (Å²) in [4.78, 5) is 21.5. The molecule has 1 aromatic carbocycles. The number of amides is 1. The van der Waals surface area contributed by atoms with Crippen molar-refractivity contribution in [3.05, 3.63) is 71.4 Å². The summed E-state index contributed by atoms with van der Waals surface area (Å²) >= 11 is 0. The highest BCUT2D eigenvalue weighted by molar-refractivity contribution is 6.04. The molecule has 0 atom stereocenters. The molecule has 0 aliphatic rings. The highest BCUT2D eigenvalue weighted by Crippen LogP contribution is 2.26. The molecule has 0 unspecified atom stereocenters. The van der Waals surface area contributed by atoms with Crippen molar-refractivity contribution < 1.29 is 9.32 Å². The number of rotatable bonds is 9. The summed E-state index contributed by atoms with van der Waals surface area (Å²) in [6, 6.07) is 8.98. The summed E-state index contributed by atoms with van der Waals surface area (Å²) in [6.07, 6.45) is 5.12. The highest BCUT2D eigenvalue weighted by Gasteiger charge is 2.21. The Kier molecular flexibility index (Phi) is 8.57. The van der Waals surface area contributed by atoms with Gasteiger partial charge in [-0.05, 0) is 44.8 Å². The molecule has 0 saturated carbocycles. The molecule has 0 bridgehead atoms. The molecule has 5 N–H and O–H groups in total. The van der Waals surface area contributed by atoms with Gasteiger partial charge in [-0.1, -0.05) is 32.0 Å². The van der Waals surface area contributed by atoms with Crippen LogP contribution in [-0.4, -0.2) is 55.2 Å². The summed E-state index contributed by atoms with van der Waals surface area (Å²) in [5.74, 6) is 7.09. The fourth-order valence-corrected chi connectivity index (χ4v) is 3.47. The second kappa shape index (κ2) is 11.4. The lowest BCUT2D eigenvalue weighted by molar-refractivity contribution is 0.102. The van der Waals surface area contributed by atoms with Crippen molar-refractivity contribution in [1.82, 2.24) is 15.0 Å². The van der Waals surface area contributed by atoms with Crippen LogP contribution in [0.2, 0.25) is 0 Å². The second-order valence-electron chi connectivity index (χ2n) is 10.4. The Morgan fingerprint density at radius 2 is 1.81 bits per heavy atom. The number of hydrogen-bond donors (Lipinski definition) is 3. The van der Waals surface area contributed by atoms with Crippen LogP contribution in [0.25, 0.3) is 5.70 Å². The van der Waals surface area contributed by atoms with Crippen molar-refractivity contribution in [3.8, 4) is 0 Å². The van der Waals surface area contributed by atoms with Gasteiger partial charge in [-0.25, -0.2) is 5.84 Å². The number of nitrogens with two attached hydrogens (primary N) is 2. The lowest BCUT2D eigenvalue weighted by Gasteiger charge is -2.22. The van der Waals surface area contributed by atoms with E-state index in [2.05, 4.69) is 25.3 Å². The van der Waals surface area contributed by atoms with Crippen molar-refractivity contribution in [2.24, 2.45) is 11.6 Å². The number of nitrogens with zero attached hydrogens (tertiary/aromatic N) is 5. The van der Waals surface area contributed by atoms with Gasteiger partial charge in [0.1, 0.15) is 5.76 Å². The molecule has 198 valence electrons. The minimum atomic E-state index is -0.321. The Morgan fingerprint density at radius 1 is 1.08 bits per heavy atom. The number of hydrogen-bond acceptors (Lipinski definition) is 9. The third-order valence-corrected chi connectivity index (χ3v) is 5.90. The van der Waals surface area contributed by atoms with Crippen LogP contribution in [0.3, 0.4) is 0 Å². The highest BCUT2D eigenvalue weighted by atomic mass is 16.5. The number of pyridine rings is 1. The molecule has 3 aromatic rings. The molecule has 0 aliphatic carbocycles. The predicted molar refractivity (Wildman–Crippen MR) is 149 cm³/mol. The molecular weight excluding hydrogens is 468 g/mol. The summed E-state index contributed by atoms with van der Waals surface area (Å²) in [7, 11) is 6.09. The predicted octanol–water partition coefficient (Wildman–Crippen LogP) is 3.56. The Labute approximate surface area is 218 Å². The van der Waals surface area contributed by atoms with Gasteiger partial charge in [0.2, 0.25) is 0 Å². The summed E-state index contributed by atoms with van der Waals surface area (Å²) in [5.41, 5.74) is 10.3. The Balaban J connectivity index is 1.77. The molecular formula is C27H38N8O2. The van der Waals surface area contributed by atoms with E-state index in [1.54, 1.807) is 36.8 Å². The first kappa shape index (κ1) is 27.7. The number of nitrogens with one attached hydrogen (secondary N) is 1. The van der Waals surface area contributed by atoms with Crippen LogP contribution in [0.4, 0.5) is 17.2 Å². The molecule has 0 spiro atoms. The van der Waals surface area contributed by atoms with Crippen molar-refractivity contribution in [1.29, 1.82) is 0 Å². The maximum Gasteiger partial charge on any atom is 0.256 e. The van der Waals surface area contributed by atoms with Crippen molar-refractivity contribution in [2.75, 3.05) is 49.5 Å². The quantitative estimate of drug-likeness (QED) is 0.294. The molecule has 1 amide bonds. The number of carbonyl (C=O) groups is 1. The Morgan fingerprint density at radius 3 is 2.46 bits per heavy atom. The van der Waals surface area contributed by atoms with E-state index in [1.165, 1.54) is 5.01 Å². The van der Waals surface area contributed by atoms with Crippen LogP contribution in [-0.2, 0) is 5.41 Å². The van der Waals surface area contributed by atoms with Gasteiger partial charge in [-0.15, -0.1) is 0 Å². The average molecular weight is 507 g/mol. The van der Waals surface area contributed by atoms with Crippen LogP contribution in [0.1, 0.15) is 48.0 Å². The lowest BCUT2D eigenvalue weighted by atomic mass is 9.93. The van der Waals surface area contributed by atoms with E-state index >= 15 is 0 Å². The fraction of sp³-hybridized carbons (Fsp3) is 0.370. The average Bonchev–Trinajstić information content (AvgIpc) is 3.31. The topological polar surface area (TPSA) is 130 Å². The molecule has 2 heterocycles. The number of hydrazine groups is 1. The van der Waals surface area contributed by atoms with E-state index in [0.717, 1.165) is 29.9 Å². The normalized spacial score (nSPS) is 12.1. The van der Waals surface area contributed by atoms with Crippen molar-refractivity contribution >= 4 is 28.8 Å². The number of anilines is 3. The number of benzene rings is 1. The SMILES string of the molecule is Cc1ccc(C(=O)Nc2cc(C(C)(C)C)on2)cc1N(N)/C=C(\N)c1cncc(N(C)CCN(C)C)c1. The summed E-state index contributed by atoms with van der Waals surface area (Å²) in [5, 5.41) is 8.15. The third kappa shape index (κ3) is 7.31. The third-order valence-electron chi connectivity index (χ3n) is 5.90. The van der Waals surface area contributed by atoms with E-state index in [-0.39, 0.29) is 11.3 Å². The van der Waals surface area contributed by atoms with E-state index in [0.29, 0.717) is 28.5 Å². The molecule has 3 rings (SSSR count). The van der Waals surface area contributed by atoms with Crippen molar-refractivity contribution in [2.45, 2.75) is 33.1 Å². The van der Waals surface area contributed by atoms with Gasteiger partial charge >= 0.3 is 0 Å². The molecule has 37 heavy (non-hydrogen) atoms. The van der Waals surface area contributed by atoms with E-state index in [4.69, 9.17) is 16.1 Å². The van der Waals surface area contributed by atoms with E-state index in [9.17, 15) is 4.79 Å². The van der Waals surface area contributed by atoms with Gasteiger partial charge in [0, 0.05) is 55.1 Å². The van der Waals surface area contributed by atoms with Gasteiger partial charge in [-0.2, -0.15) is 0 Å². The first-order valence-corrected chi connectivity index (χ1v) is 12.1. The smallest absolute Gasteiger partial charge is 0.256 e. The molecule has 0 fully saturated rings. The first-order chi connectivity index (χ1) is 17.3. The van der Waals surface area contributed by atoms with E-state index < -0.39 is 0 Å². The lowest BCUT2D eigenvalue weighted by Crippen LogP contribution is -2.28. The maximum atomic E-state index is 12.9. The van der Waals surface area contributed by atoms with E-state index in [1.807, 2.05) is 61.0 Å². The van der Waals surface area contributed by atoms with Crippen LogP contribution in [0.5, 0.6) is 0 Å². The zero-order valence-electron chi connectivity index (χ0n) is 22.7. The number of likely N-dealkylation sites (N-methyl/N-ethyl adjacent to an activating group) is 2. The summed E-state index contributed by atoms with van der Waals surface area (Å²) in [6.45, 7) is 9.71. The fourth-order valence-electron chi connectivity index (χ4n) is 3.47. The van der Waals surface area contributed by atoms with Crippen LogP contribution in [0.15, 0.2) is 53.4 Å². The Bertz CT molecular complexity index is 1260. The number of aromatic nitrogens is 2. The van der Waals surface area contributed by atoms with Gasteiger partial charge in [0.05, 0.1) is 23.3 Å².